The number of ether oxygens (including phenoxy) is 1. The van der Waals surface area contributed by atoms with Gasteiger partial charge in [-0.2, -0.15) is 0 Å². The van der Waals surface area contributed by atoms with Gasteiger partial charge in [-0.15, -0.1) is 0 Å². The molecule has 0 spiro atoms. The number of nitrogens with two attached hydrogens (primary N) is 1. The second-order valence-electron chi connectivity index (χ2n) is 7.08. The van der Waals surface area contributed by atoms with E-state index in [-0.39, 0.29) is 24.0 Å². The van der Waals surface area contributed by atoms with Crippen molar-refractivity contribution >= 4 is 33.4 Å². The molecule has 0 radical (unpaired) electrons. The molecule has 25 heavy (non-hydrogen) atoms. The molecule has 1 fully saturated rings. The van der Waals surface area contributed by atoms with Crippen molar-refractivity contribution in [2.24, 2.45) is 11.1 Å². The lowest BCUT2D eigenvalue weighted by molar-refractivity contribution is -0.117. The van der Waals surface area contributed by atoms with Gasteiger partial charge in [-0.3, -0.25) is 10.1 Å². The van der Waals surface area contributed by atoms with Crippen LogP contribution in [0, 0.1) is 5.92 Å². The van der Waals surface area contributed by atoms with Crippen molar-refractivity contribution in [1.29, 1.82) is 0 Å². The highest BCUT2D eigenvalue weighted by molar-refractivity contribution is 7.89. The van der Waals surface area contributed by atoms with Crippen LogP contribution in [-0.4, -0.2) is 38.3 Å². The van der Waals surface area contributed by atoms with Crippen LogP contribution in [0.3, 0.4) is 0 Å². The number of carbonyl (C=O) groups is 2. The van der Waals surface area contributed by atoms with Crippen LogP contribution in [0.5, 0.6) is 0 Å². The van der Waals surface area contributed by atoms with E-state index in [1.165, 1.54) is 4.90 Å². The number of sulfonamides is 1. The van der Waals surface area contributed by atoms with E-state index in [1.807, 2.05) is 0 Å². The molecule has 1 saturated heterocycles. The van der Waals surface area contributed by atoms with Gasteiger partial charge in [-0.05, 0) is 45.0 Å². The van der Waals surface area contributed by atoms with Crippen molar-refractivity contribution in [3.05, 3.63) is 24.3 Å². The predicted octanol–water partition coefficient (Wildman–Crippen LogP) is 1.67. The molecule has 1 aliphatic rings. The fourth-order valence-corrected chi connectivity index (χ4v) is 3.50. The molecule has 3 N–H and O–H groups in total. The molecule has 1 aromatic carbocycles. The van der Waals surface area contributed by atoms with Gasteiger partial charge in [-0.25, -0.2) is 18.4 Å². The maximum absolute atomic E-state index is 12.1. The van der Waals surface area contributed by atoms with Crippen molar-refractivity contribution in [1.82, 2.24) is 0 Å². The molecule has 2 rings (SSSR count). The van der Waals surface area contributed by atoms with E-state index in [9.17, 15) is 18.0 Å². The zero-order valence-corrected chi connectivity index (χ0v) is 15.3. The van der Waals surface area contributed by atoms with Gasteiger partial charge in [0.15, 0.2) is 0 Å². The third-order valence-corrected chi connectivity index (χ3v) is 4.43. The third-order valence-electron chi connectivity index (χ3n) is 3.50. The minimum Gasteiger partial charge on any atom is -0.444 e. The first kappa shape index (κ1) is 19.2. The zero-order chi connectivity index (χ0) is 18.8. The molecule has 0 aromatic heterocycles. The number of rotatable bonds is 4. The first-order valence-electron chi connectivity index (χ1n) is 7.84. The second-order valence-corrected chi connectivity index (χ2v) is 8.74. The van der Waals surface area contributed by atoms with Gasteiger partial charge in [0.05, 0.1) is 5.75 Å². The molecule has 1 unspecified atom stereocenters. The van der Waals surface area contributed by atoms with E-state index in [1.54, 1.807) is 45.0 Å². The first-order valence-corrected chi connectivity index (χ1v) is 9.55. The number of primary sulfonamides is 1. The van der Waals surface area contributed by atoms with Crippen LogP contribution in [0.25, 0.3) is 0 Å². The molecule has 1 heterocycles. The highest BCUT2D eigenvalue weighted by Gasteiger charge is 2.32. The Morgan fingerprint density at radius 3 is 2.44 bits per heavy atom. The summed E-state index contributed by atoms with van der Waals surface area (Å²) in [6, 6.07) is 6.67. The van der Waals surface area contributed by atoms with Crippen LogP contribution in [0.1, 0.15) is 27.2 Å². The topological polar surface area (TPSA) is 119 Å². The highest BCUT2D eigenvalue weighted by Crippen LogP contribution is 2.27. The number of nitrogens with one attached hydrogen (secondary N) is 1. The molecule has 1 atom stereocenters. The second kappa shape index (κ2) is 7.01. The van der Waals surface area contributed by atoms with E-state index in [0.29, 0.717) is 17.9 Å². The number of nitrogens with zero attached hydrogens (tertiary/aromatic N) is 1. The maximum Gasteiger partial charge on any atom is 0.412 e. The van der Waals surface area contributed by atoms with Gasteiger partial charge in [0.2, 0.25) is 15.9 Å². The molecular weight excluding hydrogens is 346 g/mol. The van der Waals surface area contributed by atoms with E-state index < -0.39 is 21.7 Å². The molecule has 2 amide bonds. The zero-order valence-electron chi connectivity index (χ0n) is 14.5. The number of hydrogen-bond acceptors (Lipinski definition) is 5. The quantitative estimate of drug-likeness (QED) is 0.837. The summed E-state index contributed by atoms with van der Waals surface area (Å²) in [5.74, 6) is -0.684. The molecule has 9 heteroatoms. The number of carbonyl (C=O) groups excluding carboxylic acids is 2. The monoisotopic (exact) mass is 369 g/mol. The van der Waals surface area contributed by atoms with Crippen LogP contribution in [0.2, 0.25) is 0 Å². The van der Waals surface area contributed by atoms with Crippen molar-refractivity contribution in [3.8, 4) is 0 Å². The third kappa shape index (κ3) is 6.02. The van der Waals surface area contributed by atoms with Gasteiger partial charge in [0.25, 0.3) is 0 Å². The summed E-state index contributed by atoms with van der Waals surface area (Å²) in [6.45, 7) is 5.61. The van der Waals surface area contributed by atoms with E-state index >= 15 is 0 Å². The van der Waals surface area contributed by atoms with Crippen LogP contribution < -0.4 is 15.4 Å². The van der Waals surface area contributed by atoms with Crippen LogP contribution >= 0.6 is 0 Å². The normalized spacial score (nSPS) is 18.3. The summed E-state index contributed by atoms with van der Waals surface area (Å²) < 4.78 is 27.5. The van der Waals surface area contributed by atoms with Gasteiger partial charge < -0.3 is 9.64 Å². The summed E-state index contributed by atoms with van der Waals surface area (Å²) in [5.41, 5.74) is 0.576. The standard InChI is InChI=1S/C16H23N3O5S/c1-16(2,3)24-15(21)18-12-4-6-13(7-5-12)19-9-11(8-14(19)20)10-25(17,22)23/h4-7,11H,8-10H2,1-3H3,(H,18,21)(H2,17,22,23). The van der Waals surface area contributed by atoms with Crippen molar-refractivity contribution in [2.45, 2.75) is 32.8 Å². The fraction of sp³-hybridized carbons (Fsp3) is 0.500. The van der Waals surface area contributed by atoms with E-state index in [2.05, 4.69) is 5.32 Å². The summed E-state index contributed by atoms with van der Waals surface area (Å²) in [7, 11) is -3.61. The van der Waals surface area contributed by atoms with E-state index in [0.717, 1.165) is 0 Å². The molecule has 1 aliphatic heterocycles. The molecule has 8 nitrogen and oxygen atoms in total. The Morgan fingerprint density at radius 1 is 1.32 bits per heavy atom. The fourth-order valence-electron chi connectivity index (χ4n) is 2.62. The largest absolute Gasteiger partial charge is 0.444 e. The van der Waals surface area contributed by atoms with Gasteiger partial charge in [-0.1, -0.05) is 0 Å². The molecule has 1 aromatic rings. The van der Waals surface area contributed by atoms with Crippen LogP contribution in [0.4, 0.5) is 16.2 Å². The molecule has 0 aliphatic carbocycles. The lowest BCUT2D eigenvalue weighted by atomic mass is 10.1. The highest BCUT2D eigenvalue weighted by atomic mass is 32.2. The van der Waals surface area contributed by atoms with Gasteiger partial charge in [0, 0.05) is 30.3 Å². The van der Waals surface area contributed by atoms with Gasteiger partial charge >= 0.3 is 6.09 Å². The molecule has 138 valence electrons. The Labute approximate surface area is 147 Å². The Kier molecular flexibility index (Phi) is 5.38. The van der Waals surface area contributed by atoms with Crippen molar-refractivity contribution in [3.63, 3.8) is 0 Å². The molecular formula is C16H23N3O5S. The first-order chi connectivity index (χ1) is 11.4. The minimum atomic E-state index is -3.61. The number of hydrogen-bond donors (Lipinski definition) is 2. The Bertz CT molecular complexity index is 753. The average molecular weight is 369 g/mol. The summed E-state index contributed by atoms with van der Waals surface area (Å²) in [6.07, 6.45) is -0.417. The number of amides is 2. The Hall–Kier alpha value is -2.13. The summed E-state index contributed by atoms with van der Waals surface area (Å²) >= 11 is 0. The maximum atomic E-state index is 12.1. The van der Waals surface area contributed by atoms with Crippen LogP contribution in [-0.2, 0) is 19.6 Å². The SMILES string of the molecule is CC(C)(C)OC(=O)Nc1ccc(N2CC(CS(N)(=O)=O)CC2=O)cc1. The molecule has 0 saturated carbocycles. The van der Waals surface area contributed by atoms with Crippen molar-refractivity contribution in [2.75, 3.05) is 22.5 Å². The predicted molar refractivity (Wildman–Crippen MR) is 94.7 cm³/mol. The lowest BCUT2D eigenvalue weighted by Crippen LogP contribution is -2.28. The smallest absolute Gasteiger partial charge is 0.412 e. The van der Waals surface area contributed by atoms with Gasteiger partial charge in [0.1, 0.15) is 5.60 Å². The average Bonchev–Trinajstić information content (AvgIpc) is 2.75. The molecule has 0 bridgehead atoms. The van der Waals surface area contributed by atoms with Crippen molar-refractivity contribution < 1.29 is 22.7 Å². The summed E-state index contributed by atoms with van der Waals surface area (Å²) in [4.78, 5) is 25.3. The lowest BCUT2D eigenvalue weighted by Gasteiger charge is -2.20. The van der Waals surface area contributed by atoms with Crippen LogP contribution in [0.15, 0.2) is 24.3 Å². The summed E-state index contributed by atoms with van der Waals surface area (Å²) in [5, 5.41) is 7.65. The van der Waals surface area contributed by atoms with E-state index in [4.69, 9.17) is 9.88 Å². The number of benzene rings is 1. The minimum absolute atomic E-state index is 0.147. The Balaban J connectivity index is 2.00. The Morgan fingerprint density at radius 2 is 1.92 bits per heavy atom. The number of anilines is 2.